The fourth-order valence-corrected chi connectivity index (χ4v) is 16.9. The summed E-state index contributed by atoms with van der Waals surface area (Å²) in [7, 11) is 4.65. The van der Waals surface area contributed by atoms with E-state index in [0.29, 0.717) is 0 Å². The molecule has 0 bridgehead atoms. The molecule has 4 radical (unpaired) electrons. The zero-order valence-corrected chi connectivity index (χ0v) is 83.0. The molecule has 0 amide bonds. The molecule has 0 spiro atoms. The van der Waals surface area contributed by atoms with Crippen LogP contribution >= 0.6 is 8.46 Å². The smallest absolute Gasteiger partial charge is 0.0970 e. The molecule has 4 heterocycles. The average molecular weight is 2070 g/mol. The number of pyridine rings is 2. The Balaban J connectivity index is 0.000000159. The summed E-state index contributed by atoms with van der Waals surface area (Å²) >= 11 is 0. The first-order valence-corrected chi connectivity index (χ1v) is 44.2. The van der Waals surface area contributed by atoms with Crippen molar-refractivity contribution < 1.29 is 34.4 Å². The summed E-state index contributed by atoms with van der Waals surface area (Å²) in [4.78, 5) is 33.3. The van der Waals surface area contributed by atoms with E-state index < -0.39 is 5.41 Å². The van der Waals surface area contributed by atoms with Crippen molar-refractivity contribution in [2.24, 2.45) is 10.8 Å². The first-order chi connectivity index (χ1) is 60.7. The molecule has 1 N–H and O–H groups in total. The van der Waals surface area contributed by atoms with Crippen molar-refractivity contribution in [2.75, 3.05) is 11.3 Å². The number of ketones is 1. The van der Waals surface area contributed by atoms with Gasteiger partial charge >= 0.3 is 26.2 Å². The Morgan fingerprint density at radius 1 is 0.453 bits per heavy atom. The molecule has 0 fully saturated rings. The van der Waals surface area contributed by atoms with Gasteiger partial charge in [0.15, 0.2) is 5.78 Å². The molecule has 128 heavy (non-hydrogen) atoms. The number of para-hydroxylation sites is 2. The van der Waals surface area contributed by atoms with Gasteiger partial charge in [-0.1, -0.05) is 317 Å². The third-order valence-corrected chi connectivity index (χ3v) is 23.4. The van der Waals surface area contributed by atoms with E-state index in [1.165, 1.54) is 128 Å². The number of alkyl halides is 1. The van der Waals surface area contributed by atoms with Gasteiger partial charge in [-0.2, -0.15) is 0 Å². The Labute approximate surface area is 789 Å². The summed E-state index contributed by atoms with van der Waals surface area (Å²) in [5.41, 5.74) is 36.1. The Morgan fingerprint density at radius 2 is 0.930 bits per heavy atom. The number of halogens is 1. The fraction of sp³-hybridized carbons (Fsp3) is 0.157. The quantitative estimate of drug-likeness (QED) is 0.0307. The van der Waals surface area contributed by atoms with E-state index in [9.17, 15) is 14.3 Å². The van der Waals surface area contributed by atoms with Crippen LogP contribution in [0, 0.1) is 58.4 Å². The van der Waals surface area contributed by atoms with E-state index in [1.807, 2.05) is 72.3 Å². The van der Waals surface area contributed by atoms with Gasteiger partial charge in [0, 0.05) is 117 Å². The Hall–Kier alpha value is -12.3. The largest absolute Gasteiger partial charge is 0.254 e. The number of hydrogen-bond acceptors (Lipinski definition) is 7. The number of hydrogen-bond donors (Lipinski definition) is 1. The average Bonchev–Trinajstić information content (AvgIpc) is 1.57. The van der Waals surface area contributed by atoms with Gasteiger partial charge in [0.1, 0.15) is 13.3 Å². The van der Waals surface area contributed by atoms with Crippen LogP contribution in [0.1, 0.15) is 99.9 Å². The Morgan fingerprint density at radius 3 is 1.48 bits per heavy atom. The van der Waals surface area contributed by atoms with E-state index in [1.54, 1.807) is 0 Å². The monoisotopic (exact) mass is 2070 g/mol. The summed E-state index contributed by atoms with van der Waals surface area (Å²) in [6.07, 6.45) is 6.62. The first kappa shape index (κ1) is 93.4. The van der Waals surface area contributed by atoms with Crippen LogP contribution in [0.3, 0.4) is 0 Å². The van der Waals surface area contributed by atoms with E-state index >= 15 is 0 Å². The van der Waals surface area contributed by atoms with Gasteiger partial charge in [0.05, 0.1) is 39.9 Å². The standard InChI is InChI=1S/C51H38N2.C28H27N2.C24H16N2.C11H20O2.CH3BFP.Bi.Ir.2H/c1-51(2)47-19-11-9-17-43(47)44-31-30-42(34-48(44)51)52(40-26-21-36(22-27-40)35-13-5-3-6-14-35)41-28-23-37(24-29-41)38-25-32-50-46(33-38)45-18-10-12-20-49(45)53(50)39-15-7-4-8-16-39;1-17-10-18(2)13-23(12-17)27-28(24-14-19(3)11-20(4)15-24)30-25(16-29-27)26-21(5)8-7-9-22(26)6;1-3-7-17(8-4-1)19-13-15-25-23-21(19)11-12-22-20(14-16-26-24(22)23)18-9-5-2-6-10-18;1-10(2,3)8(12)7-9(13)11(4,5)6;2-4-1-3;;;;/h3-34H,1-2H3;7-12,14-16H,1-6H3;1-16H;7,12H,1-6H3;4H,1H2;;;;/q;-1;;;;;;;. The summed E-state index contributed by atoms with van der Waals surface area (Å²) in [5.74, 6) is 0.104. The minimum absolute atomic E-state index is 0. The number of aliphatic hydroxyl groups excluding tert-OH is 1. The molecular formula is C115H106BBiFIrN6O2P-. The number of benzene rings is 14. The van der Waals surface area contributed by atoms with Gasteiger partial charge in [0.2, 0.25) is 0 Å². The molecule has 18 aromatic rings. The number of fused-ring (bicyclic) bond motifs is 9. The second-order valence-corrected chi connectivity index (χ2v) is 35.7. The van der Waals surface area contributed by atoms with Gasteiger partial charge in [-0.15, -0.1) is 43.3 Å². The molecule has 0 saturated carbocycles. The summed E-state index contributed by atoms with van der Waals surface area (Å²) in [6.45, 7) is 28.5. The van der Waals surface area contributed by atoms with Gasteiger partial charge in [-0.05, 0) is 190 Å². The zero-order valence-electron chi connectivity index (χ0n) is 75.1. The van der Waals surface area contributed by atoms with Crippen molar-refractivity contribution in [1.82, 2.24) is 24.5 Å². The second kappa shape index (κ2) is 40.8. The summed E-state index contributed by atoms with van der Waals surface area (Å²) in [5, 5.41) is 14.3. The van der Waals surface area contributed by atoms with Gasteiger partial charge in [-0.3, -0.25) is 19.7 Å². The normalized spacial score (nSPS) is 11.9. The molecule has 1 aliphatic carbocycles. The molecule has 638 valence electrons. The molecule has 14 aromatic carbocycles. The van der Waals surface area contributed by atoms with Crippen molar-refractivity contribution in [3.63, 3.8) is 0 Å². The number of aromatic nitrogens is 5. The maximum Gasteiger partial charge on any atom is 0.0970 e. The zero-order chi connectivity index (χ0) is 88.6. The number of allylic oxidation sites excluding steroid dienone is 2. The summed E-state index contributed by atoms with van der Waals surface area (Å²) in [6, 6.07) is 121. The number of aryl methyl sites for hydroxylation is 6. The third-order valence-electron chi connectivity index (χ3n) is 23.3. The van der Waals surface area contributed by atoms with E-state index in [4.69, 9.17) is 9.97 Å². The topological polar surface area (TPSA) is 97.0 Å². The maximum absolute atomic E-state index is 11.5. The number of aliphatic hydroxyl groups is 1. The van der Waals surface area contributed by atoms with Crippen molar-refractivity contribution >= 4 is 109 Å². The first-order valence-electron chi connectivity index (χ1n) is 42.9. The SMILES string of the molecule is CC(C)(C)C(=O)C=C(O)C(C)(C)C.CC1(C)c2ccccc2-c2ccc(N(c3ccc(-c4ccccc4)cc3)c3ccc(-c4ccc5c(c4)c4ccccc4n5-c4ccccc4)cc3)cc21.Cc1[c-]c(-c2ncc(-c3c(C)cccc3C)nc2-c2cc(C)cc(C)c2)cc(C)c1.[B]PCF.[BiH2].[Ir].c1ccc(-c2ccnc3c2ccc2c(-c4ccccc4)ccnc23)cc1. The van der Waals surface area contributed by atoms with Crippen molar-refractivity contribution in [1.29, 1.82) is 0 Å². The van der Waals surface area contributed by atoms with Crippen LogP contribution in [-0.4, -0.2) is 75.6 Å². The molecule has 4 aromatic heterocycles. The molecule has 8 nitrogen and oxygen atoms in total. The van der Waals surface area contributed by atoms with Gasteiger partial charge in [0.25, 0.3) is 0 Å². The van der Waals surface area contributed by atoms with E-state index in [2.05, 4.69) is 404 Å². The van der Waals surface area contributed by atoms with Crippen molar-refractivity contribution in [3.05, 3.63) is 409 Å². The molecule has 1 unspecified atom stereocenters. The maximum atomic E-state index is 11.5. The molecular weight excluding hydrogens is 1960 g/mol. The van der Waals surface area contributed by atoms with Crippen LogP contribution in [0.2, 0.25) is 0 Å². The predicted octanol–water partition coefficient (Wildman–Crippen LogP) is 30.0. The minimum Gasteiger partial charge on any atom is -0.254 e. The van der Waals surface area contributed by atoms with E-state index in [0.717, 1.165) is 78.2 Å². The Bertz CT molecular complexity index is 6850. The number of carbonyl (C=O) groups is 1. The number of rotatable bonds is 13. The minimum atomic E-state index is -0.417. The molecule has 13 heteroatoms. The second-order valence-electron chi connectivity index (χ2n) is 35.0. The van der Waals surface area contributed by atoms with Gasteiger partial charge in [-0.25, -0.2) is 4.39 Å². The fourth-order valence-electron chi connectivity index (χ4n) is 16.9. The number of carbonyl (C=O) groups excluding carboxylic acids is 1. The van der Waals surface area contributed by atoms with Crippen molar-refractivity contribution in [2.45, 2.75) is 102 Å². The van der Waals surface area contributed by atoms with Crippen LogP contribution in [0.15, 0.2) is 358 Å². The molecule has 0 aliphatic heterocycles. The molecule has 1 atom stereocenters. The number of nitrogens with zero attached hydrogens (tertiary/aromatic N) is 6. The summed E-state index contributed by atoms with van der Waals surface area (Å²) < 4.78 is 13.0. The van der Waals surface area contributed by atoms with Crippen molar-refractivity contribution in [3.8, 4) is 95.1 Å². The van der Waals surface area contributed by atoms with Crippen LogP contribution in [0.4, 0.5) is 21.5 Å². The molecule has 19 rings (SSSR count). The predicted molar refractivity (Wildman–Crippen MR) is 541 cm³/mol. The Kier molecular flexibility index (Phi) is 29.8. The number of anilines is 3. The van der Waals surface area contributed by atoms with Crippen LogP contribution < -0.4 is 4.90 Å². The molecule has 1 aliphatic rings. The van der Waals surface area contributed by atoms with Gasteiger partial charge < -0.3 is 19.6 Å². The molecule has 0 saturated heterocycles. The third kappa shape index (κ3) is 20.6. The van der Waals surface area contributed by atoms with Crippen LogP contribution in [0.25, 0.3) is 139 Å². The van der Waals surface area contributed by atoms with E-state index in [-0.39, 0.29) is 83.6 Å². The van der Waals surface area contributed by atoms with Crippen LogP contribution in [-0.2, 0) is 30.3 Å². The van der Waals surface area contributed by atoms with Crippen LogP contribution in [0.5, 0.6) is 0 Å².